The van der Waals surface area contributed by atoms with Crippen molar-refractivity contribution in [2.75, 3.05) is 11.9 Å². The molecule has 1 aromatic carbocycles. The molecule has 0 spiro atoms. The summed E-state index contributed by atoms with van der Waals surface area (Å²) in [6.45, 7) is 3.17. The molecule has 2 nitrogen and oxygen atoms in total. The molecule has 1 aromatic heterocycles. The van der Waals surface area contributed by atoms with Crippen LogP contribution in [0.1, 0.15) is 23.8 Å². The minimum atomic E-state index is 0.998. The molecule has 0 radical (unpaired) electrons. The van der Waals surface area contributed by atoms with E-state index in [0.29, 0.717) is 0 Å². The molecule has 0 aliphatic heterocycles. The van der Waals surface area contributed by atoms with E-state index >= 15 is 0 Å². The summed E-state index contributed by atoms with van der Waals surface area (Å²) >= 11 is 5.31. The lowest BCUT2D eigenvalue weighted by Gasteiger charge is -2.01. The Hall–Kier alpha value is -0.870. The third-order valence-corrected chi connectivity index (χ3v) is 4.41. The second kappa shape index (κ2) is 4.42. The minimum Gasteiger partial charge on any atom is -0.362 e. The molecule has 0 saturated carbocycles. The van der Waals surface area contributed by atoms with Crippen LogP contribution in [-0.4, -0.2) is 11.5 Å². The van der Waals surface area contributed by atoms with E-state index < -0.39 is 0 Å². The molecule has 3 rings (SSSR count). The fraction of sp³-hybridized carbons (Fsp3) is 0.308. The molecule has 0 unspecified atom stereocenters. The average molecular weight is 309 g/mol. The molecule has 2 aromatic rings. The molecule has 17 heavy (non-hydrogen) atoms. The van der Waals surface area contributed by atoms with Crippen molar-refractivity contribution in [2.45, 2.75) is 19.8 Å². The van der Waals surface area contributed by atoms with Crippen molar-refractivity contribution in [3.8, 4) is 11.3 Å². The summed E-state index contributed by atoms with van der Waals surface area (Å²) in [6.07, 6.45) is 2.16. The Morgan fingerprint density at radius 3 is 3.18 bits per heavy atom. The van der Waals surface area contributed by atoms with Crippen molar-refractivity contribution >= 4 is 32.4 Å². The van der Waals surface area contributed by atoms with Crippen molar-refractivity contribution in [3.63, 3.8) is 0 Å². The fourth-order valence-corrected chi connectivity index (χ4v) is 3.47. The average Bonchev–Trinajstić information content (AvgIpc) is 2.84. The molecule has 1 aliphatic rings. The lowest BCUT2D eigenvalue weighted by molar-refractivity contribution is 0.976. The van der Waals surface area contributed by atoms with Crippen molar-refractivity contribution in [1.29, 1.82) is 0 Å². The maximum absolute atomic E-state index is 4.70. The van der Waals surface area contributed by atoms with Gasteiger partial charge in [-0.3, -0.25) is 0 Å². The summed E-state index contributed by atoms with van der Waals surface area (Å²) in [7, 11) is 0. The van der Waals surface area contributed by atoms with Crippen LogP contribution in [0.5, 0.6) is 0 Å². The minimum absolute atomic E-state index is 0.998. The Morgan fingerprint density at radius 2 is 2.35 bits per heavy atom. The summed E-state index contributed by atoms with van der Waals surface area (Å²) in [5.41, 5.74) is 3.85. The molecular formula is C13H13BrN2S. The highest BCUT2D eigenvalue weighted by Crippen LogP contribution is 2.41. The van der Waals surface area contributed by atoms with E-state index in [4.69, 9.17) is 4.98 Å². The lowest BCUT2D eigenvalue weighted by Crippen LogP contribution is -1.98. The Kier molecular flexibility index (Phi) is 2.92. The highest BCUT2D eigenvalue weighted by molar-refractivity contribution is 9.10. The first-order valence-corrected chi connectivity index (χ1v) is 7.41. The number of nitrogens with zero attached hydrogens (tertiary/aromatic N) is 1. The van der Waals surface area contributed by atoms with Crippen LogP contribution in [0.2, 0.25) is 0 Å². The highest BCUT2D eigenvalue weighted by Gasteiger charge is 2.23. The first-order valence-electron chi connectivity index (χ1n) is 5.80. The number of halogens is 1. The Balaban J connectivity index is 1.97. The van der Waals surface area contributed by atoms with E-state index in [9.17, 15) is 0 Å². The maximum Gasteiger partial charge on any atom is 0.183 e. The van der Waals surface area contributed by atoms with Gasteiger partial charge in [-0.15, -0.1) is 11.3 Å². The molecule has 0 amide bonds. The van der Waals surface area contributed by atoms with Crippen molar-refractivity contribution in [3.05, 3.63) is 33.1 Å². The predicted octanol–water partition coefficient (Wildman–Crippen LogP) is 4.30. The zero-order valence-electron chi connectivity index (χ0n) is 9.59. The van der Waals surface area contributed by atoms with E-state index in [1.807, 2.05) is 0 Å². The van der Waals surface area contributed by atoms with E-state index in [2.05, 4.69) is 46.4 Å². The van der Waals surface area contributed by atoms with E-state index in [-0.39, 0.29) is 0 Å². The largest absolute Gasteiger partial charge is 0.362 e. The van der Waals surface area contributed by atoms with Crippen LogP contribution < -0.4 is 5.32 Å². The van der Waals surface area contributed by atoms with Gasteiger partial charge in [-0.2, -0.15) is 0 Å². The molecule has 1 heterocycles. The van der Waals surface area contributed by atoms with Gasteiger partial charge in [0.05, 0.1) is 5.69 Å². The van der Waals surface area contributed by atoms with Gasteiger partial charge in [-0.25, -0.2) is 4.98 Å². The number of hydrogen-bond donors (Lipinski definition) is 1. The molecule has 0 fully saturated rings. The zero-order chi connectivity index (χ0) is 11.8. The van der Waals surface area contributed by atoms with Gasteiger partial charge in [0, 0.05) is 27.9 Å². The van der Waals surface area contributed by atoms with E-state index in [0.717, 1.165) is 29.0 Å². The van der Waals surface area contributed by atoms with Crippen LogP contribution in [0.4, 0.5) is 5.13 Å². The van der Waals surface area contributed by atoms with Crippen molar-refractivity contribution in [2.24, 2.45) is 0 Å². The molecular weight excluding hydrogens is 296 g/mol. The van der Waals surface area contributed by atoms with Gasteiger partial charge in [0.15, 0.2) is 5.13 Å². The normalized spacial score (nSPS) is 12.4. The Bertz CT molecular complexity index is 563. The van der Waals surface area contributed by atoms with Gasteiger partial charge in [-0.1, -0.05) is 28.9 Å². The number of fused-ring (bicyclic) bond motifs is 3. The van der Waals surface area contributed by atoms with Crippen molar-refractivity contribution in [1.82, 2.24) is 4.98 Å². The van der Waals surface area contributed by atoms with Crippen LogP contribution in [0.25, 0.3) is 11.3 Å². The van der Waals surface area contributed by atoms with Gasteiger partial charge in [0.2, 0.25) is 0 Å². The number of aromatic nitrogens is 1. The molecule has 0 bridgehead atoms. The zero-order valence-corrected chi connectivity index (χ0v) is 12.0. The van der Waals surface area contributed by atoms with Gasteiger partial charge < -0.3 is 5.32 Å². The van der Waals surface area contributed by atoms with E-state index in [1.165, 1.54) is 21.7 Å². The van der Waals surface area contributed by atoms with Gasteiger partial charge in [0.1, 0.15) is 0 Å². The first kappa shape index (κ1) is 11.2. The van der Waals surface area contributed by atoms with Gasteiger partial charge in [0.25, 0.3) is 0 Å². The third kappa shape index (κ3) is 2.00. The number of nitrogens with one attached hydrogen (secondary N) is 1. The molecule has 1 N–H and O–H groups in total. The first-order chi connectivity index (χ1) is 8.28. The summed E-state index contributed by atoms with van der Waals surface area (Å²) in [5.74, 6) is 0. The number of thiazole rings is 1. The number of anilines is 1. The summed E-state index contributed by atoms with van der Waals surface area (Å²) in [4.78, 5) is 6.08. The summed E-state index contributed by atoms with van der Waals surface area (Å²) in [6, 6.07) is 6.46. The van der Waals surface area contributed by atoms with Crippen LogP contribution in [0, 0.1) is 0 Å². The number of benzene rings is 1. The summed E-state index contributed by atoms with van der Waals surface area (Å²) < 4.78 is 1.13. The summed E-state index contributed by atoms with van der Waals surface area (Å²) in [5, 5.41) is 4.42. The van der Waals surface area contributed by atoms with Crippen LogP contribution in [0.3, 0.4) is 0 Å². The standard InChI is InChI=1S/C13H13BrN2S/c1-2-5-15-13-16-12-10-7-9(14)4-3-8(10)6-11(12)17-13/h3-4,7H,2,5-6H2,1H3,(H,15,16). The van der Waals surface area contributed by atoms with Crippen LogP contribution in [0.15, 0.2) is 22.7 Å². The molecule has 1 aliphatic carbocycles. The molecule has 0 saturated heterocycles. The highest BCUT2D eigenvalue weighted by atomic mass is 79.9. The van der Waals surface area contributed by atoms with Gasteiger partial charge in [-0.05, 0) is 24.1 Å². The van der Waals surface area contributed by atoms with Crippen LogP contribution >= 0.6 is 27.3 Å². The SMILES string of the molecule is CCCNc1nc2c(s1)Cc1ccc(Br)cc1-2. The Morgan fingerprint density at radius 1 is 1.47 bits per heavy atom. The predicted molar refractivity (Wildman–Crippen MR) is 76.8 cm³/mol. The Labute approximate surface area is 113 Å². The topological polar surface area (TPSA) is 24.9 Å². The third-order valence-electron chi connectivity index (χ3n) is 2.90. The monoisotopic (exact) mass is 308 g/mol. The number of rotatable bonds is 3. The molecule has 0 atom stereocenters. The van der Waals surface area contributed by atoms with Gasteiger partial charge >= 0.3 is 0 Å². The molecule has 88 valence electrons. The van der Waals surface area contributed by atoms with Crippen LogP contribution in [-0.2, 0) is 6.42 Å². The fourth-order valence-electron chi connectivity index (χ4n) is 2.09. The second-order valence-electron chi connectivity index (χ2n) is 4.20. The second-order valence-corrected chi connectivity index (χ2v) is 6.20. The van der Waals surface area contributed by atoms with Crippen molar-refractivity contribution < 1.29 is 0 Å². The van der Waals surface area contributed by atoms with E-state index in [1.54, 1.807) is 11.3 Å². The number of hydrogen-bond acceptors (Lipinski definition) is 3. The quantitative estimate of drug-likeness (QED) is 0.780. The molecule has 4 heteroatoms. The lowest BCUT2D eigenvalue weighted by atomic mass is 10.1. The maximum atomic E-state index is 4.70. The smallest absolute Gasteiger partial charge is 0.183 e.